The van der Waals surface area contributed by atoms with E-state index >= 15 is 0 Å². The molecule has 0 aliphatic carbocycles. The summed E-state index contributed by atoms with van der Waals surface area (Å²) < 4.78 is 10.9. The number of benzene rings is 2. The molecule has 6 heteroatoms. The molecule has 0 N–H and O–H groups in total. The average Bonchev–Trinajstić information content (AvgIpc) is 2.58. The summed E-state index contributed by atoms with van der Waals surface area (Å²) in [5, 5.41) is 1.01. The molecule has 0 heterocycles. The van der Waals surface area contributed by atoms with E-state index in [1.807, 2.05) is 0 Å². The zero-order chi connectivity index (χ0) is 19.3. The zero-order valence-corrected chi connectivity index (χ0v) is 16.4. The van der Waals surface area contributed by atoms with E-state index in [1.54, 1.807) is 63.2 Å². The molecule has 0 amide bonds. The Hall–Kier alpha value is -2.04. The molecule has 138 valence electrons. The van der Waals surface area contributed by atoms with Crippen molar-refractivity contribution < 1.29 is 19.1 Å². The highest BCUT2D eigenvalue weighted by molar-refractivity contribution is 6.35. The highest BCUT2D eigenvalue weighted by atomic mass is 35.5. The van der Waals surface area contributed by atoms with E-state index in [1.165, 1.54) is 0 Å². The molecule has 0 atom stereocenters. The summed E-state index contributed by atoms with van der Waals surface area (Å²) in [6.45, 7) is 5.21. The highest BCUT2D eigenvalue weighted by Gasteiger charge is 2.23. The van der Waals surface area contributed by atoms with Crippen LogP contribution in [0.15, 0.2) is 42.5 Å². The number of hydrogen-bond acceptors (Lipinski definition) is 4. The number of Topliss-reactive ketones (excluding diaryl/α,β-unsaturated/α-hetero) is 1. The minimum atomic E-state index is -0.611. The van der Waals surface area contributed by atoms with Crippen LogP contribution in [0.5, 0.6) is 5.75 Å². The minimum Gasteiger partial charge on any atom is -0.488 e. The highest BCUT2D eigenvalue weighted by Crippen LogP contribution is 2.25. The van der Waals surface area contributed by atoms with Crippen LogP contribution in [-0.2, 0) is 16.1 Å². The van der Waals surface area contributed by atoms with Gasteiger partial charge in [-0.1, -0.05) is 62.2 Å². The predicted molar refractivity (Wildman–Crippen MR) is 102 cm³/mol. The first kappa shape index (κ1) is 20.3. The number of para-hydroxylation sites is 1. The first-order valence-corrected chi connectivity index (χ1v) is 8.80. The van der Waals surface area contributed by atoms with Crippen molar-refractivity contribution in [3.8, 4) is 5.75 Å². The lowest BCUT2D eigenvalue weighted by atomic mass is 9.91. The van der Waals surface area contributed by atoms with Gasteiger partial charge in [0.2, 0.25) is 0 Å². The van der Waals surface area contributed by atoms with E-state index in [2.05, 4.69) is 0 Å². The van der Waals surface area contributed by atoms with Crippen molar-refractivity contribution in [2.45, 2.75) is 27.4 Å². The second kappa shape index (κ2) is 8.56. The lowest BCUT2D eigenvalue weighted by Crippen LogP contribution is -2.26. The van der Waals surface area contributed by atoms with E-state index in [0.29, 0.717) is 15.8 Å². The third-order valence-corrected chi connectivity index (χ3v) is 4.26. The van der Waals surface area contributed by atoms with Crippen molar-refractivity contribution in [2.75, 3.05) is 6.61 Å². The van der Waals surface area contributed by atoms with Crippen molar-refractivity contribution in [3.05, 3.63) is 63.6 Å². The van der Waals surface area contributed by atoms with Crippen LogP contribution >= 0.6 is 23.2 Å². The number of ether oxygens (including phenoxy) is 2. The third kappa shape index (κ3) is 5.48. The van der Waals surface area contributed by atoms with Gasteiger partial charge >= 0.3 is 5.97 Å². The fourth-order valence-corrected chi connectivity index (χ4v) is 2.44. The topological polar surface area (TPSA) is 52.6 Å². The van der Waals surface area contributed by atoms with Crippen LogP contribution in [0.25, 0.3) is 0 Å². The Balaban J connectivity index is 2.07. The van der Waals surface area contributed by atoms with Crippen LogP contribution < -0.4 is 4.74 Å². The van der Waals surface area contributed by atoms with Gasteiger partial charge in [-0.05, 0) is 24.3 Å². The van der Waals surface area contributed by atoms with Gasteiger partial charge in [-0.2, -0.15) is 0 Å². The third-order valence-electron chi connectivity index (χ3n) is 3.68. The lowest BCUT2D eigenvalue weighted by Gasteiger charge is -2.17. The van der Waals surface area contributed by atoms with Gasteiger partial charge in [0.15, 0.2) is 12.4 Å². The second-order valence-electron chi connectivity index (χ2n) is 6.77. The van der Waals surface area contributed by atoms with Gasteiger partial charge in [0.25, 0.3) is 0 Å². The smallest absolute Gasteiger partial charge is 0.342 e. The SMILES string of the molecule is CC(C)(C)C(=O)COC(=O)c1ccccc1OCc1ccc(Cl)cc1Cl. The predicted octanol–water partition coefficient (Wildman–Crippen LogP) is 5.34. The Morgan fingerprint density at radius 3 is 2.38 bits per heavy atom. The van der Waals surface area contributed by atoms with Crippen LogP contribution in [0.1, 0.15) is 36.7 Å². The van der Waals surface area contributed by atoms with Gasteiger partial charge in [-0.15, -0.1) is 0 Å². The number of rotatable bonds is 6. The van der Waals surface area contributed by atoms with Gasteiger partial charge in [0.1, 0.15) is 17.9 Å². The molecule has 0 saturated carbocycles. The monoisotopic (exact) mass is 394 g/mol. The molecule has 2 rings (SSSR count). The molecule has 0 aromatic heterocycles. The van der Waals surface area contributed by atoms with E-state index in [0.717, 1.165) is 5.56 Å². The molecule has 2 aromatic rings. The summed E-state index contributed by atoms with van der Waals surface area (Å²) in [6.07, 6.45) is 0. The maximum Gasteiger partial charge on any atom is 0.342 e. The Bertz CT molecular complexity index is 810. The quantitative estimate of drug-likeness (QED) is 0.620. The van der Waals surface area contributed by atoms with Crippen molar-refractivity contribution in [3.63, 3.8) is 0 Å². The molecule has 2 aromatic carbocycles. The lowest BCUT2D eigenvalue weighted by molar-refractivity contribution is -0.129. The van der Waals surface area contributed by atoms with Gasteiger partial charge in [0, 0.05) is 21.0 Å². The van der Waals surface area contributed by atoms with Crippen LogP contribution in [0.4, 0.5) is 0 Å². The first-order chi connectivity index (χ1) is 12.2. The fraction of sp³-hybridized carbons (Fsp3) is 0.300. The number of ketones is 1. The minimum absolute atomic E-state index is 0.155. The van der Waals surface area contributed by atoms with Crippen LogP contribution in [-0.4, -0.2) is 18.4 Å². The standard InChI is InChI=1S/C20H20Cl2O4/c1-20(2,3)18(23)12-26-19(24)15-6-4-5-7-17(15)25-11-13-8-9-14(21)10-16(13)22/h4-10H,11-12H2,1-3H3. The Morgan fingerprint density at radius 1 is 1.04 bits per heavy atom. The van der Waals surface area contributed by atoms with Crippen LogP contribution in [0.3, 0.4) is 0 Å². The number of hydrogen-bond donors (Lipinski definition) is 0. The Morgan fingerprint density at radius 2 is 1.73 bits per heavy atom. The molecule has 0 fully saturated rings. The molecule has 0 aliphatic heterocycles. The number of carbonyl (C=O) groups is 2. The fourth-order valence-electron chi connectivity index (χ4n) is 1.98. The molecule has 0 bridgehead atoms. The molecule has 0 unspecified atom stereocenters. The second-order valence-corrected chi connectivity index (χ2v) is 7.61. The summed E-state index contributed by atoms with van der Waals surface area (Å²) in [4.78, 5) is 24.2. The summed E-state index contributed by atoms with van der Waals surface area (Å²) >= 11 is 12.0. The number of halogens is 2. The molecule has 0 radical (unpaired) electrons. The van der Waals surface area contributed by atoms with Crippen molar-refractivity contribution in [1.82, 2.24) is 0 Å². The van der Waals surface area contributed by atoms with Gasteiger partial charge in [-0.3, -0.25) is 4.79 Å². The van der Waals surface area contributed by atoms with Crippen LogP contribution in [0.2, 0.25) is 10.0 Å². The number of carbonyl (C=O) groups excluding carboxylic acids is 2. The van der Waals surface area contributed by atoms with Crippen molar-refractivity contribution in [2.24, 2.45) is 5.41 Å². The maximum atomic E-state index is 12.3. The maximum absolute atomic E-state index is 12.3. The molecular weight excluding hydrogens is 375 g/mol. The first-order valence-electron chi connectivity index (χ1n) is 8.04. The van der Waals surface area contributed by atoms with E-state index in [-0.39, 0.29) is 24.6 Å². The summed E-state index contributed by atoms with van der Waals surface area (Å²) in [5.41, 5.74) is 0.420. The summed E-state index contributed by atoms with van der Waals surface area (Å²) in [7, 11) is 0. The largest absolute Gasteiger partial charge is 0.488 e. The van der Waals surface area contributed by atoms with Gasteiger partial charge in [-0.25, -0.2) is 4.79 Å². The summed E-state index contributed by atoms with van der Waals surface area (Å²) in [5.74, 6) is -0.413. The van der Waals surface area contributed by atoms with Crippen molar-refractivity contribution in [1.29, 1.82) is 0 Å². The van der Waals surface area contributed by atoms with Crippen molar-refractivity contribution >= 4 is 35.0 Å². The Kier molecular flexibility index (Phi) is 6.68. The summed E-state index contributed by atoms with van der Waals surface area (Å²) in [6, 6.07) is 11.8. The molecule has 0 aliphatic rings. The van der Waals surface area contributed by atoms with Crippen LogP contribution in [0, 0.1) is 5.41 Å². The molecule has 26 heavy (non-hydrogen) atoms. The molecule has 0 saturated heterocycles. The van der Waals surface area contributed by atoms with Gasteiger partial charge in [0.05, 0.1) is 0 Å². The molecule has 0 spiro atoms. The normalized spacial score (nSPS) is 11.1. The molecule has 4 nitrogen and oxygen atoms in total. The van der Waals surface area contributed by atoms with Gasteiger partial charge < -0.3 is 9.47 Å². The molecular formula is C20H20Cl2O4. The van der Waals surface area contributed by atoms with E-state index < -0.39 is 11.4 Å². The zero-order valence-electron chi connectivity index (χ0n) is 14.8. The van der Waals surface area contributed by atoms with E-state index in [4.69, 9.17) is 32.7 Å². The average molecular weight is 395 g/mol. The number of esters is 1. The Labute approximate surface area is 163 Å². The van der Waals surface area contributed by atoms with E-state index in [9.17, 15) is 9.59 Å².